The van der Waals surface area contributed by atoms with E-state index >= 15 is 0 Å². The second-order valence-electron chi connectivity index (χ2n) is 7.84. The van der Waals surface area contributed by atoms with Crippen molar-refractivity contribution in [3.05, 3.63) is 65.0 Å². The zero-order valence-electron chi connectivity index (χ0n) is 18.3. The van der Waals surface area contributed by atoms with E-state index in [1.54, 1.807) is 11.8 Å². The van der Waals surface area contributed by atoms with E-state index in [1.165, 1.54) is 16.9 Å². The Bertz CT molecular complexity index is 1090. The lowest BCUT2D eigenvalue weighted by Crippen LogP contribution is -2.40. The van der Waals surface area contributed by atoms with Crippen LogP contribution in [0, 0.1) is 0 Å². The van der Waals surface area contributed by atoms with Crippen molar-refractivity contribution in [3.8, 4) is 17.0 Å². The van der Waals surface area contributed by atoms with Crippen LogP contribution in [0.25, 0.3) is 11.3 Å². The van der Waals surface area contributed by atoms with Gasteiger partial charge in [0, 0.05) is 24.4 Å². The van der Waals surface area contributed by atoms with Crippen molar-refractivity contribution in [2.45, 2.75) is 39.2 Å². The molecule has 1 aliphatic heterocycles. The Morgan fingerprint density at radius 3 is 2.72 bits per heavy atom. The summed E-state index contributed by atoms with van der Waals surface area (Å²) in [7, 11) is 0. The Morgan fingerprint density at radius 1 is 1.19 bits per heavy atom. The van der Waals surface area contributed by atoms with Crippen LogP contribution in [0.4, 0.5) is 5.13 Å². The van der Waals surface area contributed by atoms with Crippen LogP contribution in [0.3, 0.4) is 0 Å². The van der Waals surface area contributed by atoms with E-state index < -0.39 is 0 Å². The minimum atomic E-state index is -0.257. The van der Waals surface area contributed by atoms with E-state index in [4.69, 9.17) is 4.74 Å². The average Bonchev–Trinajstić information content (AvgIpc) is 3.26. The number of nitrogens with one attached hydrogen (secondary N) is 1. The van der Waals surface area contributed by atoms with Gasteiger partial charge in [0.15, 0.2) is 5.13 Å². The van der Waals surface area contributed by atoms with Gasteiger partial charge in [-0.3, -0.25) is 9.59 Å². The van der Waals surface area contributed by atoms with Gasteiger partial charge in [0.2, 0.25) is 11.8 Å². The first kappa shape index (κ1) is 22.0. The summed E-state index contributed by atoms with van der Waals surface area (Å²) in [5, 5.41) is 5.39. The summed E-state index contributed by atoms with van der Waals surface area (Å²) in [5.41, 5.74) is 4.02. The molecule has 1 unspecified atom stereocenters. The first-order chi connectivity index (χ1) is 15.5. The van der Waals surface area contributed by atoms with Crippen LogP contribution >= 0.6 is 11.3 Å². The van der Waals surface area contributed by atoms with E-state index in [0.29, 0.717) is 18.3 Å². The van der Waals surface area contributed by atoms with Gasteiger partial charge >= 0.3 is 0 Å². The Labute approximate surface area is 192 Å². The van der Waals surface area contributed by atoms with E-state index in [1.807, 2.05) is 47.8 Å². The second kappa shape index (κ2) is 9.96. The van der Waals surface area contributed by atoms with Crippen molar-refractivity contribution in [1.29, 1.82) is 0 Å². The van der Waals surface area contributed by atoms with E-state index in [9.17, 15) is 9.59 Å². The minimum absolute atomic E-state index is 0.0137. The first-order valence-electron chi connectivity index (χ1n) is 10.9. The number of hydrogen-bond acceptors (Lipinski definition) is 5. The molecule has 6 nitrogen and oxygen atoms in total. The molecule has 0 aliphatic carbocycles. The number of amides is 2. The molecule has 1 aliphatic rings. The summed E-state index contributed by atoms with van der Waals surface area (Å²) < 4.78 is 5.62. The van der Waals surface area contributed by atoms with Gasteiger partial charge in [-0.2, -0.15) is 0 Å². The number of carbonyl (C=O) groups is 2. The van der Waals surface area contributed by atoms with E-state index in [0.717, 1.165) is 35.4 Å². The number of ether oxygens (including phenoxy) is 1. The highest BCUT2D eigenvalue weighted by atomic mass is 32.1. The second-order valence-corrected chi connectivity index (χ2v) is 8.70. The molecule has 0 radical (unpaired) electrons. The highest BCUT2D eigenvalue weighted by molar-refractivity contribution is 7.14. The number of nitrogens with zero attached hydrogens (tertiary/aromatic N) is 2. The normalized spacial score (nSPS) is 15.2. The zero-order chi connectivity index (χ0) is 22.5. The summed E-state index contributed by atoms with van der Waals surface area (Å²) in [4.78, 5) is 31.4. The van der Waals surface area contributed by atoms with Gasteiger partial charge in [0.25, 0.3) is 0 Å². The molecular formula is C25H27N3O3S. The number of benzene rings is 2. The fourth-order valence-electron chi connectivity index (χ4n) is 4.00. The average molecular weight is 450 g/mol. The third-order valence-electron chi connectivity index (χ3n) is 5.57. The monoisotopic (exact) mass is 449 g/mol. The fourth-order valence-corrected chi connectivity index (χ4v) is 4.74. The quantitative estimate of drug-likeness (QED) is 0.546. The lowest BCUT2D eigenvalue weighted by Gasteiger charge is -2.36. The molecule has 2 aromatic carbocycles. The number of fused-ring (bicyclic) bond motifs is 1. The molecule has 1 N–H and O–H groups in total. The predicted octanol–water partition coefficient (Wildman–Crippen LogP) is 5.07. The standard InChI is InChI=1S/C25H27N3O3S/c1-3-14-31-20-10-8-19(9-11-20)22-16-32-25(26-22)27-24(30)15-23-21-7-5-4-6-18(21)12-13-28(23)17(2)29/h4-11,16,23H,3,12-15H2,1-2H3,(H,26,27,30). The van der Waals surface area contributed by atoms with Crippen molar-refractivity contribution in [3.63, 3.8) is 0 Å². The molecule has 2 heterocycles. The van der Waals surface area contributed by atoms with Crippen LogP contribution in [-0.4, -0.2) is 34.8 Å². The van der Waals surface area contributed by atoms with Gasteiger partial charge < -0.3 is 15.0 Å². The third kappa shape index (κ3) is 4.99. The molecule has 0 spiro atoms. The van der Waals surface area contributed by atoms with E-state index in [2.05, 4.69) is 23.3 Å². The summed E-state index contributed by atoms with van der Waals surface area (Å²) in [5.74, 6) is 0.671. The lowest BCUT2D eigenvalue weighted by molar-refractivity contribution is -0.132. The lowest BCUT2D eigenvalue weighted by atomic mass is 9.90. The molecule has 0 bridgehead atoms. The van der Waals surface area contributed by atoms with E-state index in [-0.39, 0.29) is 24.3 Å². The number of thiazole rings is 1. The molecule has 3 aromatic rings. The Morgan fingerprint density at radius 2 is 1.97 bits per heavy atom. The Balaban J connectivity index is 1.43. The van der Waals surface area contributed by atoms with Crippen molar-refractivity contribution < 1.29 is 14.3 Å². The Kier molecular flexibility index (Phi) is 6.85. The number of anilines is 1. The maximum Gasteiger partial charge on any atom is 0.228 e. The highest BCUT2D eigenvalue weighted by Crippen LogP contribution is 2.33. The Hall–Kier alpha value is -3.19. The first-order valence-corrected chi connectivity index (χ1v) is 11.8. The highest BCUT2D eigenvalue weighted by Gasteiger charge is 2.30. The maximum atomic E-state index is 12.9. The third-order valence-corrected chi connectivity index (χ3v) is 6.33. The van der Waals surface area contributed by atoms with Crippen LogP contribution in [0.1, 0.15) is 43.9 Å². The fraction of sp³-hybridized carbons (Fsp3) is 0.320. The summed E-state index contributed by atoms with van der Waals surface area (Å²) in [6, 6.07) is 15.6. The molecule has 7 heteroatoms. The predicted molar refractivity (Wildman–Crippen MR) is 127 cm³/mol. The van der Waals surface area contributed by atoms with Crippen LogP contribution in [0.5, 0.6) is 5.75 Å². The molecule has 0 fully saturated rings. The topological polar surface area (TPSA) is 71.5 Å². The minimum Gasteiger partial charge on any atom is -0.494 e. The number of rotatable bonds is 7. The smallest absolute Gasteiger partial charge is 0.228 e. The van der Waals surface area contributed by atoms with Crippen molar-refractivity contribution in [2.75, 3.05) is 18.5 Å². The molecule has 0 saturated heterocycles. The zero-order valence-corrected chi connectivity index (χ0v) is 19.2. The van der Waals surface area contributed by atoms with Crippen LogP contribution in [-0.2, 0) is 16.0 Å². The van der Waals surface area contributed by atoms with Gasteiger partial charge in [0.1, 0.15) is 5.75 Å². The van der Waals surface area contributed by atoms with Crippen LogP contribution in [0.15, 0.2) is 53.9 Å². The molecular weight excluding hydrogens is 422 g/mol. The maximum absolute atomic E-state index is 12.9. The number of carbonyl (C=O) groups excluding carboxylic acids is 2. The molecule has 1 atom stereocenters. The molecule has 32 heavy (non-hydrogen) atoms. The van der Waals surface area contributed by atoms with Gasteiger partial charge in [-0.15, -0.1) is 11.3 Å². The van der Waals surface area contributed by atoms with Crippen LogP contribution in [0.2, 0.25) is 0 Å². The van der Waals surface area contributed by atoms with Crippen molar-refractivity contribution >= 4 is 28.3 Å². The summed E-state index contributed by atoms with van der Waals surface area (Å²) in [6.07, 6.45) is 1.98. The summed E-state index contributed by atoms with van der Waals surface area (Å²) in [6.45, 7) is 4.96. The summed E-state index contributed by atoms with van der Waals surface area (Å²) >= 11 is 1.39. The number of aromatic nitrogens is 1. The van der Waals surface area contributed by atoms with Gasteiger partial charge in [-0.05, 0) is 48.2 Å². The van der Waals surface area contributed by atoms with Crippen molar-refractivity contribution in [1.82, 2.24) is 9.88 Å². The molecule has 0 saturated carbocycles. The SMILES string of the molecule is CCCOc1ccc(-c2csc(NC(=O)CC3c4ccccc4CCN3C(C)=O)n2)cc1. The van der Waals surface area contributed by atoms with Gasteiger partial charge in [-0.1, -0.05) is 31.2 Å². The van der Waals surface area contributed by atoms with Crippen molar-refractivity contribution in [2.24, 2.45) is 0 Å². The molecule has 2 amide bonds. The largest absolute Gasteiger partial charge is 0.494 e. The molecule has 166 valence electrons. The van der Waals surface area contributed by atoms with Crippen LogP contribution < -0.4 is 10.1 Å². The molecule has 4 rings (SSSR count). The van der Waals surface area contributed by atoms with Gasteiger partial charge in [0.05, 0.1) is 24.8 Å². The number of hydrogen-bond donors (Lipinski definition) is 1. The van der Waals surface area contributed by atoms with Gasteiger partial charge in [-0.25, -0.2) is 4.98 Å². The molecule has 1 aromatic heterocycles.